The molecule has 1 amide bonds. The summed E-state index contributed by atoms with van der Waals surface area (Å²) < 4.78 is 0. The third kappa shape index (κ3) is 7.99. The van der Waals surface area contributed by atoms with Crippen molar-refractivity contribution in [2.45, 2.75) is 77.4 Å². The van der Waals surface area contributed by atoms with E-state index in [9.17, 15) is 15.0 Å². The molecule has 0 aliphatic heterocycles. The van der Waals surface area contributed by atoms with Gasteiger partial charge in [-0.1, -0.05) is 25.8 Å². The Hall–Kier alpha value is -1.90. The summed E-state index contributed by atoms with van der Waals surface area (Å²) in [5.41, 5.74) is -0.322. The van der Waals surface area contributed by atoms with Gasteiger partial charge >= 0.3 is 0 Å². The Bertz CT molecular complexity index is 607. The van der Waals surface area contributed by atoms with E-state index in [1.54, 1.807) is 6.20 Å². The number of aliphatic hydroxyl groups excluding tert-OH is 1. The number of unbranched alkanes of at least 4 members (excludes halogenated alkanes) is 5. The highest BCUT2D eigenvalue weighted by atomic mass is 16.3. The molecule has 0 radical (unpaired) electrons. The van der Waals surface area contributed by atoms with Crippen molar-refractivity contribution < 1.29 is 15.0 Å². The second kappa shape index (κ2) is 12.5. The number of aryl methyl sites for hydroxylation is 1. The third-order valence-electron chi connectivity index (χ3n) is 4.17. The van der Waals surface area contributed by atoms with Crippen LogP contribution in [0.25, 0.3) is 0 Å². The minimum atomic E-state index is -1.64. The summed E-state index contributed by atoms with van der Waals surface area (Å²) in [4.78, 5) is 15.7. The summed E-state index contributed by atoms with van der Waals surface area (Å²) in [6.07, 6.45) is 9.69. The molecule has 5 heteroatoms. The average Bonchev–Trinajstić information content (AvgIpc) is 2.60. The zero-order chi connectivity index (χ0) is 19.3. The molecule has 1 aromatic heterocycles. The fourth-order valence-corrected chi connectivity index (χ4v) is 2.85. The van der Waals surface area contributed by atoms with Crippen molar-refractivity contribution in [1.82, 2.24) is 10.3 Å². The minimum absolute atomic E-state index is 0.00391. The van der Waals surface area contributed by atoms with Gasteiger partial charge in [-0.05, 0) is 37.3 Å². The number of rotatable bonds is 11. The van der Waals surface area contributed by atoms with Crippen LogP contribution in [-0.4, -0.2) is 27.7 Å². The van der Waals surface area contributed by atoms with E-state index in [4.69, 9.17) is 0 Å². The fraction of sp³-hybridized carbons (Fsp3) is 0.619. The standard InChI is InChI=1S/C21H32N2O3/c1-3-4-5-6-7-8-9-10-11-13-19-14-12-16-22-20(19)21(26,15-17-24)23-18(2)25/h12,14,16,24,26H,3-5,8-11,13,15,17H2,1-2H3,(H,23,25). The molecule has 1 aromatic rings. The summed E-state index contributed by atoms with van der Waals surface area (Å²) in [7, 11) is 0. The molecule has 1 unspecified atom stereocenters. The maximum atomic E-state index is 11.5. The van der Waals surface area contributed by atoms with Gasteiger partial charge in [0.15, 0.2) is 5.72 Å². The first-order valence-corrected chi connectivity index (χ1v) is 9.55. The lowest BCUT2D eigenvalue weighted by Crippen LogP contribution is -2.46. The molecule has 5 nitrogen and oxygen atoms in total. The van der Waals surface area contributed by atoms with E-state index >= 15 is 0 Å². The predicted molar refractivity (Wildman–Crippen MR) is 103 cm³/mol. The van der Waals surface area contributed by atoms with Gasteiger partial charge in [0, 0.05) is 39.0 Å². The van der Waals surface area contributed by atoms with E-state index in [0.717, 1.165) is 44.1 Å². The molecule has 0 aromatic carbocycles. The topological polar surface area (TPSA) is 82.5 Å². The molecule has 0 aliphatic carbocycles. The summed E-state index contributed by atoms with van der Waals surface area (Å²) >= 11 is 0. The van der Waals surface area contributed by atoms with Crippen molar-refractivity contribution in [3.63, 3.8) is 0 Å². The van der Waals surface area contributed by atoms with Crippen LogP contribution in [0, 0.1) is 11.8 Å². The van der Waals surface area contributed by atoms with Crippen LogP contribution < -0.4 is 5.32 Å². The van der Waals surface area contributed by atoms with Crippen molar-refractivity contribution >= 4 is 5.91 Å². The van der Waals surface area contributed by atoms with Crippen molar-refractivity contribution in [3.05, 3.63) is 29.6 Å². The van der Waals surface area contributed by atoms with Gasteiger partial charge in [0.05, 0.1) is 5.69 Å². The van der Waals surface area contributed by atoms with Gasteiger partial charge in [-0.3, -0.25) is 9.78 Å². The van der Waals surface area contributed by atoms with Crippen molar-refractivity contribution in [2.75, 3.05) is 6.61 Å². The number of aromatic nitrogens is 1. The quantitative estimate of drug-likeness (QED) is 0.322. The average molecular weight is 360 g/mol. The second-order valence-electron chi connectivity index (χ2n) is 6.54. The molecular weight excluding hydrogens is 328 g/mol. The number of carbonyl (C=O) groups excluding carboxylic acids is 1. The highest BCUT2D eigenvalue weighted by Gasteiger charge is 2.33. The zero-order valence-electron chi connectivity index (χ0n) is 16.1. The number of carbonyl (C=O) groups is 1. The lowest BCUT2D eigenvalue weighted by Gasteiger charge is -2.29. The molecule has 0 aliphatic rings. The van der Waals surface area contributed by atoms with E-state index in [1.165, 1.54) is 19.8 Å². The van der Waals surface area contributed by atoms with Crippen LogP contribution in [-0.2, 0) is 16.9 Å². The summed E-state index contributed by atoms with van der Waals surface area (Å²) in [5, 5.41) is 22.6. The van der Waals surface area contributed by atoms with Gasteiger partial charge < -0.3 is 15.5 Å². The summed E-state index contributed by atoms with van der Waals surface area (Å²) in [6.45, 7) is 3.26. The number of nitrogens with zero attached hydrogens (tertiary/aromatic N) is 1. The minimum Gasteiger partial charge on any atom is -0.396 e. The van der Waals surface area contributed by atoms with Gasteiger partial charge in [-0.15, -0.1) is 11.8 Å². The lowest BCUT2D eigenvalue weighted by atomic mass is 9.96. The van der Waals surface area contributed by atoms with Crippen LogP contribution in [0.1, 0.15) is 76.5 Å². The third-order valence-corrected chi connectivity index (χ3v) is 4.17. The van der Waals surface area contributed by atoms with Crippen LogP contribution in [0.4, 0.5) is 0 Å². The molecule has 0 spiro atoms. The number of nitrogens with one attached hydrogen (secondary N) is 1. The molecule has 144 valence electrons. The van der Waals surface area contributed by atoms with Gasteiger partial charge in [0.25, 0.3) is 0 Å². The van der Waals surface area contributed by atoms with Crippen LogP contribution in [0.5, 0.6) is 0 Å². The first-order chi connectivity index (χ1) is 12.5. The molecule has 0 bridgehead atoms. The smallest absolute Gasteiger partial charge is 0.219 e. The Morgan fingerprint density at radius 3 is 2.62 bits per heavy atom. The van der Waals surface area contributed by atoms with Crippen LogP contribution in [0.3, 0.4) is 0 Å². The Kier molecular flexibility index (Phi) is 10.6. The molecule has 0 saturated carbocycles. The molecule has 1 atom stereocenters. The monoisotopic (exact) mass is 360 g/mol. The summed E-state index contributed by atoms with van der Waals surface area (Å²) in [5.74, 6) is 6.05. The Morgan fingerprint density at radius 1 is 1.23 bits per heavy atom. The second-order valence-corrected chi connectivity index (χ2v) is 6.54. The van der Waals surface area contributed by atoms with E-state index in [0.29, 0.717) is 5.69 Å². The number of hydrogen-bond acceptors (Lipinski definition) is 4. The number of hydrogen-bond donors (Lipinski definition) is 3. The van der Waals surface area contributed by atoms with E-state index in [-0.39, 0.29) is 18.9 Å². The maximum Gasteiger partial charge on any atom is 0.219 e. The normalized spacial score (nSPS) is 12.8. The Labute approximate surface area is 157 Å². The highest BCUT2D eigenvalue weighted by molar-refractivity contribution is 5.73. The molecule has 0 saturated heterocycles. The zero-order valence-corrected chi connectivity index (χ0v) is 16.1. The molecule has 1 heterocycles. The highest BCUT2D eigenvalue weighted by Crippen LogP contribution is 2.25. The van der Waals surface area contributed by atoms with E-state index < -0.39 is 5.72 Å². The molecule has 0 fully saturated rings. The van der Waals surface area contributed by atoms with Gasteiger partial charge in [-0.25, -0.2) is 0 Å². The van der Waals surface area contributed by atoms with Crippen molar-refractivity contribution in [3.8, 4) is 11.8 Å². The largest absolute Gasteiger partial charge is 0.396 e. The Morgan fingerprint density at radius 2 is 1.96 bits per heavy atom. The maximum absolute atomic E-state index is 11.5. The van der Waals surface area contributed by atoms with Crippen LogP contribution in [0.15, 0.2) is 18.3 Å². The van der Waals surface area contributed by atoms with Gasteiger partial charge in [-0.2, -0.15) is 0 Å². The summed E-state index contributed by atoms with van der Waals surface area (Å²) in [6, 6.07) is 3.74. The molecule has 1 rings (SSSR count). The van der Waals surface area contributed by atoms with Gasteiger partial charge in [0.2, 0.25) is 5.91 Å². The number of pyridine rings is 1. The lowest BCUT2D eigenvalue weighted by molar-refractivity contribution is -0.128. The Balaban J connectivity index is 2.60. The van der Waals surface area contributed by atoms with E-state index in [1.807, 2.05) is 12.1 Å². The molecular formula is C21H32N2O3. The number of amides is 1. The predicted octanol–water partition coefficient (Wildman–Crippen LogP) is 3.04. The number of aliphatic hydroxyl groups is 2. The first-order valence-electron chi connectivity index (χ1n) is 9.55. The van der Waals surface area contributed by atoms with Crippen molar-refractivity contribution in [1.29, 1.82) is 0 Å². The van der Waals surface area contributed by atoms with Crippen LogP contribution >= 0.6 is 0 Å². The first kappa shape index (κ1) is 22.1. The van der Waals surface area contributed by atoms with Crippen LogP contribution in [0.2, 0.25) is 0 Å². The van der Waals surface area contributed by atoms with Gasteiger partial charge in [0.1, 0.15) is 0 Å². The van der Waals surface area contributed by atoms with Crippen molar-refractivity contribution in [2.24, 2.45) is 0 Å². The molecule has 3 N–H and O–H groups in total. The molecule has 26 heavy (non-hydrogen) atoms. The fourth-order valence-electron chi connectivity index (χ4n) is 2.85. The van der Waals surface area contributed by atoms with E-state index in [2.05, 4.69) is 29.1 Å². The SMILES string of the molecule is CCCCC#CCCCCCc1cccnc1C(O)(CCO)NC(C)=O.